The minimum atomic E-state index is -4.79. The first-order valence-electron chi connectivity index (χ1n) is 11.0. The molecular formula is C22H26F3N5O4S. The van der Waals surface area contributed by atoms with Gasteiger partial charge in [0.1, 0.15) is 5.75 Å². The number of sulfonamides is 1. The predicted octanol–water partition coefficient (Wildman–Crippen LogP) is 2.97. The number of anilines is 1. The van der Waals surface area contributed by atoms with Crippen molar-refractivity contribution in [3.8, 4) is 5.75 Å². The Bertz CT molecular complexity index is 1210. The van der Waals surface area contributed by atoms with Crippen molar-refractivity contribution in [2.45, 2.75) is 44.6 Å². The summed E-state index contributed by atoms with van der Waals surface area (Å²) in [5, 5.41) is 2.94. The van der Waals surface area contributed by atoms with E-state index < -0.39 is 21.9 Å². The lowest BCUT2D eigenvalue weighted by Crippen LogP contribution is -2.78. The number of aromatic nitrogens is 2. The number of halogens is 3. The quantitative estimate of drug-likeness (QED) is 0.607. The summed E-state index contributed by atoms with van der Waals surface area (Å²) in [5.74, 6) is -0.358. The third-order valence-electron chi connectivity index (χ3n) is 6.27. The van der Waals surface area contributed by atoms with Crippen molar-refractivity contribution >= 4 is 21.9 Å². The molecule has 2 fully saturated rings. The Morgan fingerprint density at radius 2 is 1.86 bits per heavy atom. The number of ether oxygens (including phenoxy) is 1. The largest absolute Gasteiger partial charge is 0.573 e. The van der Waals surface area contributed by atoms with Crippen molar-refractivity contribution in [1.29, 1.82) is 0 Å². The smallest absolute Gasteiger partial charge is 0.406 e. The van der Waals surface area contributed by atoms with E-state index >= 15 is 0 Å². The number of carbonyl (C=O) groups excluding carboxylic acids is 1. The minimum absolute atomic E-state index is 0.00272. The van der Waals surface area contributed by atoms with Crippen LogP contribution in [0.4, 0.5) is 19.1 Å². The second kappa shape index (κ2) is 8.94. The van der Waals surface area contributed by atoms with Crippen LogP contribution >= 0.6 is 0 Å². The van der Waals surface area contributed by atoms with Crippen LogP contribution in [0.1, 0.15) is 47.7 Å². The molecule has 2 aliphatic heterocycles. The highest BCUT2D eigenvalue weighted by Gasteiger charge is 2.57. The Hall–Kier alpha value is -2.93. The Morgan fingerprint density at radius 1 is 1.20 bits per heavy atom. The average Bonchev–Trinajstić information content (AvgIpc) is 2.68. The minimum Gasteiger partial charge on any atom is -0.406 e. The van der Waals surface area contributed by atoms with Crippen molar-refractivity contribution in [3.05, 3.63) is 47.3 Å². The summed E-state index contributed by atoms with van der Waals surface area (Å²) in [6, 6.07) is 4.44. The molecule has 0 atom stereocenters. The van der Waals surface area contributed by atoms with E-state index in [0.717, 1.165) is 12.7 Å². The molecule has 1 aromatic heterocycles. The van der Waals surface area contributed by atoms with Gasteiger partial charge in [0.05, 0.1) is 17.4 Å². The molecule has 1 N–H and O–H groups in total. The highest BCUT2D eigenvalue weighted by Crippen LogP contribution is 2.41. The van der Waals surface area contributed by atoms with Gasteiger partial charge < -0.3 is 15.0 Å². The molecule has 1 aromatic carbocycles. The van der Waals surface area contributed by atoms with E-state index in [2.05, 4.69) is 20.0 Å². The van der Waals surface area contributed by atoms with Crippen LogP contribution in [0.25, 0.3) is 0 Å². The zero-order valence-electron chi connectivity index (χ0n) is 19.5. The van der Waals surface area contributed by atoms with Gasteiger partial charge in [-0.15, -0.1) is 13.2 Å². The molecule has 2 aromatic rings. The molecule has 190 valence electrons. The van der Waals surface area contributed by atoms with Crippen LogP contribution in [0.5, 0.6) is 5.75 Å². The fourth-order valence-electron chi connectivity index (χ4n) is 4.21. The van der Waals surface area contributed by atoms with Crippen LogP contribution in [0.3, 0.4) is 0 Å². The maximum atomic E-state index is 12.9. The first-order valence-corrected chi connectivity index (χ1v) is 12.8. The molecule has 1 amide bonds. The number of nitrogens with zero attached hydrogens (tertiary/aromatic N) is 4. The van der Waals surface area contributed by atoms with Crippen LogP contribution in [-0.2, 0) is 16.6 Å². The standard InChI is InChI=1S/C22H26F3N5O4S/c1-14(2)16-6-15(7-18(8-16)34-22(23,24)25)9-26-20-27-10-17(11-28-20)19(31)30-5-4-21(30)12-29(13-21)35(3,32)33/h6-8,10-11,14H,4-5,9,12-13H2,1-3H3,(H,26,27,28). The van der Waals surface area contributed by atoms with Crippen LogP contribution in [0, 0.1) is 0 Å². The van der Waals surface area contributed by atoms with Gasteiger partial charge in [-0.05, 0) is 35.6 Å². The second-order valence-corrected chi connectivity index (χ2v) is 11.2. The van der Waals surface area contributed by atoms with E-state index in [4.69, 9.17) is 0 Å². The van der Waals surface area contributed by atoms with Crippen molar-refractivity contribution in [2.75, 3.05) is 31.2 Å². The van der Waals surface area contributed by atoms with Crippen LogP contribution in [0.15, 0.2) is 30.6 Å². The summed E-state index contributed by atoms with van der Waals surface area (Å²) >= 11 is 0. The molecule has 1 spiro atoms. The van der Waals surface area contributed by atoms with Crippen molar-refractivity contribution in [1.82, 2.24) is 19.2 Å². The monoisotopic (exact) mass is 513 g/mol. The molecule has 13 heteroatoms. The molecule has 4 rings (SSSR count). The first-order chi connectivity index (χ1) is 16.3. The number of hydrogen-bond donors (Lipinski definition) is 1. The number of carbonyl (C=O) groups is 1. The molecule has 0 aliphatic carbocycles. The SMILES string of the molecule is CC(C)c1cc(CNc2ncc(C(=O)N3CCC34CN(S(C)(=O)=O)C4)cn2)cc(OC(F)(F)F)c1. The third kappa shape index (κ3) is 5.50. The summed E-state index contributed by atoms with van der Waals surface area (Å²) in [4.78, 5) is 22.8. The van der Waals surface area contributed by atoms with E-state index in [0.29, 0.717) is 17.7 Å². The van der Waals surface area contributed by atoms with Gasteiger partial charge in [-0.3, -0.25) is 4.79 Å². The highest BCUT2D eigenvalue weighted by molar-refractivity contribution is 7.88. The Labute approximate surface area is 201 Å². The molecule has 2 saturated heterocycles. The number of nitrogens with one attached hydrogen (secondary N) is 1. The van der Waals surface area contributed by atoms with Gasteiger partial charge in [0.25, 0.3) is 5.91 Å². The molecule has 2 aliphatic rings. The van der Waals surface area contributed by atoms with Gasteiger partial charge in [0.2, 0.25) is 16.0 Å². The lowest BCUT2D eigenvalue weighted by Gasteiger charge is -2.61. The summed E-state index contributed by atoms with van der Waals surface area (Å²) in [7, 11) is -3.28. The van der Waals surface area contributed by atoms with Crippen LogP contribution in [-0.4, -0.2) is 71.3 Å². The summed E-state index contributed by atoms with van der Waals surface area (Å²) < 4.78 is 66.8. The summed E-state index contributed by atoms with van der Waals surface area (Å²) in [6.07, 6.45) is -0.156. The lowest BCUT2D eigenvalue weighted by atomic mass is 9.78. The molecule has 0 saturated carbocycles. The summed E-state index contributed by atoms with van der Waals surface area (Å²) in [5.41, 5.74) is 1.06. The molecule has 9 nitrogen and oxygen atoms in total. The fraction of sp³-hybridized carbons (Fsp3) is 0.500. The van der Waals surface area contributed by atoms with E-state index in [1.165, 1.54) is 28.8 Å². The second-order valence-electron chi connectivity index (χ2n) is 9.22. The summed E-state index contributed by atoms with van der Waals surface area (Å²) in [6.45, 7) is 4.99. The fourth-order valence-corrected chi connectivity index (χ4v) is 5.16. The van der Waals surface area contributed by atoms with E-state index in [9.17, 15) is 26.4 Å². The van der Waals surface area contributed by atoms with E-state index in [1.807, 2.05) is 13.8 Å². The first kappa shape index (κ1) is 25.2. The van der Waals surface area contributed by atoms with Gasteiger partial charge in [-0.25, -0.2) is 18.4 Å². The van der Waals surface area contributed by atoms with E-state index in [1.54, 1.807) is 11.0 Å². The van der Waals surface area contributed by atoms with Gasteiger partial charge in [-0.1, -0.05) is 19.9 Å². The maximum absolute atomic E-state index is 12.9. The zero-order chi connectivity index (χ0) is 25.6. The number of benzene rings is 1. The third-order valence-corrected chi connectivity index (χ3v) is 7.46. The van der Waals surface area contributed by atoms with Crippen molar-refractivity contribution in [3.63, 3.8) is 0 Å². The number of likely N-dealkylation sites (tertiary alicyclic amines) is 1. The maximum Gasteiger partial charge on any atom is 0.573 e. The normalized spacial score (nSPS) is 17.7. The molecule has 0 radical (unpaired) electrons. The van der Waals surface area contributed by atoms with Gasteiger partial charge in [0, 0.05) is 38.6 Å². The van der Waals surface area contributed by atoms with Crippen molar-refractivity contribution < 1.29 is 31.1 Å². The van der Waals surface area contributed by atoms with Crippen molar-refractivity contribution in [2.24, 2.45) is 0 Å². The molecular weight excluding hydrogens is 487 g/mol. The highest BCUT2D eigenvalue weighted by atomic mass is 32.2. The molecule has 3 heterocycles. The number of rotatable bonds is 7. The predicted molar refractivity (Wildman–Crippen MR) is 121 cm³/mol. The Kier molecular flexibility index (Phi) is 6.43. The molecule has 35 heavy (non-hydrogen) atoms. The topological polar surface area (TPSA) is 105 Å². The van der Waals surface area contributed by atoms with E-state index in [-0.39, 0.29) is 48.7 Å². The lowest BCUT2D eigenvalue weighted by molar-refractivity contribution is -0.274. The van der Waals surface area contributed by atoms with Gasteiger partial charge >= 0.3 is 6.36 Å². The van der Waals surface area contributed by atoms with Crippen LogP contribution < -0.4 is 10.1 Å². The van der Waals surface area contributed by atoms with Crippen LogP contribution in [0.2, 0.25) is 0 Å². The molecule has 0 bridgehead atoms. The number of hydrogen-bond acceptors (Lipinski definition) is 7. The van der Waals surface area contributed by atoms with Gasteiger partial charge in [-0.2, -0.15) is 4.31 Å². The number of alkyl halides is 3. The Balaban J connectivity index is 1.39. The molecule has 0 unspecified atom stereocenters. The number of amides is 1. The average molecular weight is 514 g/mol. The zero-order valence-corrected chi connectivity index (χ0v) is 20.3. The van der Waals surface area contributed by atoms with Gasteiger partial charge in [0.15, 0.2) is 0 Å². The Morgan fingerprint density at radius 3 is 2.37 bits per heavy atom.